The number of carbonyl (C=O) groups is 1. The molecule has 0 spiro atoms. The van der Waals surface area contributed by atoms with Gasteiger partial charge in [-0.2, -0.15) is 0 Å². The molecular weight excluding hydrogens is 242 g/mol. The van der Waals surface area contributed by atoms with Gasteiger partial charge in [0.15, 0.2) is 0 Å². The molecule has 1 atom stereocenters. The number of carbonyl (C=O) groups excluding carboxylic acids is 1. The van der Waals surface area contributed by atoms with Crippen molar-refractivity contribution in [2.45, 2.75) is 19.9 Å². The molecule has 2 heterocycles. The molecule has 2 rings (SSSR count). The monoisotopic (exact) mass is 259 g/mol. The fourth-order valence-corrected chi connectivity index (χ4v) is 1.75. The Balaban J connectivity index is 2.05. The second-order valence-corrected chi connectivity index (χ2v) is 4.17. The Hall–Kier alpha value is -2.30. The molecule has 0 aliphatic heterocycles. The van der Waals surface area contributed by atoms with E-state index in [4.69, 9.17) is 4.42 Å². The van der Waals surface area contributed by atoms with Crippen LogP contribution in [0, 0.1) is 0 Å². The third-order valence-corrected chi connectivity index (χ3v) is 2.69. The average Bonchev–Trinajstić information content (AvgIpc) is 2.93. The second-order valence-electron chi connectivity index (χ2n) is 4.17. The molecule has 2 aromatic rings. The molecule has 2 N–H and O–H groups in total. The topological polar surface area (TPSA) is 67.2 Å². The van der Waals surface area contributed by atoms with Crippen molar-refractivity contribution >= 4 is 11.6 Å². The first-order valence-electron chi connectivity index (χ1n) is 6.25. The molecule has 0 saturated heterocycles. The zero-order valence-corrected chi connectivity index (χ0v) is 11.0. The summed E-state index contributed by atoms with van der Waals surface area (Å²) in [7, 11) is 0. The second kappa shape index (κ2) is 6.04. The van der Waals surface area contributed by atoms with Crippen LogP contribution in [0.5, 0.6) is 0 Å². The molecule has 5 heteroatoms. The van der Waals surface area contributed by atoms with E-state index in [9.17, 15) is 4.79 Å². The largest absolute Gasteiger partial charge is 0.467 e. The first-order chi connectivity index (χ1) is 9.20. The van der Waals surface area contributed by atoms with Crippen molar-refractivity contribution in [2.75, 3.05) is 11.9 Å². The fraction of sp³-hybridized carbons (Fsp3) is 0.286. The van der Waals surface area contributed by atoms with Crippen LogP contribution in [-0.2, 0) is 0 Å². The van der Waals surface area contributed by atoms with E-state index >= 15 is 0 Å². The van der Waals surface area contributed by atoms with Crippen molar-refractivity contribution in [3.05, 3.63) is 48.2 Å². The van der Waals surface area contributed by atoms with Crippen molar-refractivity contribution in [1.29, 1.82) is 0 Å². The molecule has 1 amide bonds. The maximum Gasteiger partial charge on any atom is 0.270 e. The molecule has 0 radical (unpaired) electrons. The smallest absolute Gasteiger partial charge is 0.270 e. The van der Waals surface area contributed by atoms with Crippen LogP contribution in [0.2, 0.25) is 0 Å². The Morgan fingerprint density at radius 1 is 1.47 bits per heavy atom. The molecule has 100 valence electrons. The van der Waals surface area contributed by atoms with Gasteiger partial charge in [0.25, 0.3) is 5.91 Å². The number of nitrogens with one attached hydrogen (secondary N) is 2. The van der Waals surface area contributed by atoms with Crippen LogP contribution < -0.4 is 10.6 Å². The lowest BCUT2D eigenvalue weighted by Crippen LogP contribution is -2.27. The molecule has 0 aliphatic carbocycles. The van der Waals surface area contributed by atoms with Gasteiger partial charge >= 0.3 is 0 Å². The minimum atomic E-state index is -0.219. The first-order valence-corrected chi connectivity index (χ1v) is 6.25. The highest BCUT2D eigenvalue weighted by Crippen LogP contribution is 2.14. The van der Waals surface area contributed by atoms with Crippen LogP contribution in [0.4, 0.5) is 5.69 Å². The number of hydrogen-bond donors (Lipinski definition) is 2. The Morgan fingerprint density at radius 3 is 3.00 bits per heavy atom. The lowest BCUT2D eigenvalue weighted by atomic mass is 10.2. The molecule has 2 aromatic heterocycles. The highest BCUT2D eigenvalue weighted by molar-refractivity contribution is 5.93. The Kier molecular flexibility index (Phi) is 4.18. The van der Waals surface area contributed by atoms with E-state index in [2.05, 4.69) is 15.6 Å². The Labute approximate surface area is 112 Å². The summed E-state index contributed by atoms with van der Waals surface area (Å²) in [4.78, 5) is 16.1. The summed E-state index contributed by atoms with van der Waals surface area (Å²) >= 11 is 0. The summed E-state index contributed by atoms with van der Waals surface area (Å²) in [6, 6.07) is 6.99. The molecule has 0 aromatic carbocycles. The average molecular weight is 259 g/mol. The quantitative estimate of drug-likeness (QED) is 0.866. The number of furan rings is 1. The standard InChI is InChI=1S/C14H17N3O2/c1-3-15-11-6-7-16-12(9-11)14(18)17-10(2)13-5-4-8-19-13/h4-10H,3H2,1-2H3,(H,15,16)(H,17,18). The van der Waals surface area contributed by atoms with Gasteiger partial charge in [-0.3, -0.25) is 9.78 Å². The normalized spacial score (nSPS) is 11.9. The Morgan fingerprint density at radius 2 is 2.32 bits per heavy atom. The predicted octanol–water partition coefficient (Wildman–Crippen LogP) is 2.60. The third-order valence-electron chi connectivity index (χ3n) is 2.69. The molecule has 5 nitrogen and oxygen atoms in total. The third kappa shape index (κ3) is 3.34. The molecule has 0 aliphatic rings. The summed E-state index contributed by atoms with van der Waals surface area (Å²) in [5.74, 6) is 0.500. The maximum absolute atomic E-state index is 12.1. The maximum atomic E-state index is 12.1. The van der Waals surface area contributed by atoms with Crippen LogP contribution in [0.25, 0.3) is 0 Å². The van der Waals surface area contributed by atoms with Gasteiger partial charge in [-0.15, -0.1) is 0 Å². The van der Waals surface area contributed by atoms with E-state index in [0.717, 1.165) is 18.0 Å². The van der Waals surface area contributed by atoms with Gasteiger partial charge in [0.2, 0.25) is 0 Å². The van der Waals surface area contributed by atoms with Gasteiger partial charge in [-0.1, -0.05) is 0 Å². The lowest BCUT2D eigenvalue weighted by molar-refractivity contribution is 0.0930. The number of anilines is 1. The van der Waals surface area contributed by atoms with Crippen LogP contribution in [0.1, 0.15) is 36.1 Å². The van der Waals surface area contributed by atoms with Crippen molar-refractivity contribution in [3.8, 4) is 0 Å². The molecule has 19 heavy (non-hydrogen) atoms. The van der Waals surface area contributed by atoms with E-state index in [-0.39, 0.29) is 11.9 Å². The lowest BCUT2D eigenvalue weighted by Gasteiger charge is -2.11. The molecular formula is C14H17N3O2. The van der Waals surface area contributed by atoms with E-state index in [1.54, 1.807) is 24.6 Å². The van der Waals surface area contributed by atoms with Crippen molar-refractivity contribution in [3.63, 3.8) is 0 Å². The van der Waals surface area contributed by atoms with Gasteiger partial charge in [-0.25, -0.2) is 0 Å². The number of hydrogen-bond acceptors (Lipinski definition) is 4. The van der Waals surface area contributed by atoms with E-state index in [1.165, 1.54) is 0 Å². The highest BCUT2D eigenvalue weighted by Gasteiger charge is 2.14. The summed E-state index contributed by atoms with van der Waals surface area (Å²) < 4.78 is 5.25. The summed E-state index contributed by atoms with van der Waals surface area (Å²) in [6.45, 7) is 4.66. The fourth-order valence-electron chi connectivity index (χ4n) is 1.75. The number of nitrogens with zero attached hydrogens (tertiary/aromatic N) is 1. The van der Waals surface area contributed by atoms with E-state index < -0.39 is 0 Å². The SMILES string of the molecule is CCNc1ccnc(C(=O)NC(C)c2ccco2)c1. The minimum absolute atomic E-state index is 0.188. The summed E-state index contributed by atoms with van der Waals surface area (Å²) in [6.07, 6.45) is 3.20. The Bertz CT molecular complexity index is 537. The van der Waals surface area contributed by atoms with Crippen molar-refractivity contribution in [2.24, 2.45) is 0 Å². The van der Waals surface area contributed by atoms with Crippen LogP contribution in [-0.4, -0.2) is 17.4 Å². The van der Waals surface area contributed by atoms with Crippen molar-refractivity contribution < 1.29 is 9.21 Å². The van der Waals surface area contributed by atoms with E-state index in [1.807, 2.05) is 26.0 Å². The number of rotatable bonds is 5. The van der Waals surface area contributed by atoms with Crippen LogP contribution in [0.3, 0.4) is 0 Å². The summed E-state index contributed by atoms with van der Waals surface area (Å²) in [5, 5.41) is 5.99. The predicted molar refractivity (Wildman–Crippen MR) is 73.0 cm³/mol. The molecule has 0 fully saturated rings. The van der Waals surface area contributed by atoms with Gasteiger partial charge in [0.05, 0.1) is 12.3 Å². The summed E-state index contributed by atoms with van der Waals surface area (Å²) in [5.41, 5.74) is 1.27. The van der Waals surface area contributed by atoms with Gasteiger partial charge in [0.1, 0.15) is 11.5 Å². The van der Waals surface area contributed by atoms with Gasteiger partial charge < -0.3 is 15.1 Å². The van der Waals surface area contributed by atoms with Gasteiger partial charge in [-0.05, 0) is 38.1 Å². The van der Waals surface area contributed by atoms with Crippen LogP contribution in [0.15, 0.2) is 41.1 Å². The highest BCUT2D eigenvalue weighted by atomic mass is 16.3. The number of aromatic nitrogens is 1. The number of amides is 1. The first kappa shape index (κ1) is 13.1. The van der Waals surface area contributed by atoms with Gasteiger partial charge in [0, 0.05) is 18.4 Å². The minimum Gasteiger partial charge on any atom is -0.467 e. The van der Waals surface area contributed by atoms with Crippen molar-refractivity contribution in [1.82, 2.24) is 10.3 Å². The number of pyridine rings is 1. The zero-order valence-electron chi connectivity index (χ0n) is 11.0. The molecule has 0 saturated carbocycles. The zero-order chi connectivity index (χ0) is 13.7. The molecule has 1 unspecified atom stereocenters. The molecule has 0 bridgehead atoms. The van der Waals surface area contributed by atoms with Crippen LogP contribution >= 0.6 is 0 Å². The van der Waals surface area contributed by atoms with E-state index in [0.29, 0.717) is 5.69 Å².